The fourth-order valence-electron chi connectivity index (χ4n) is 6.09. The molecule has 2 heterocycles. The van der Waals surface area contributed by atoms with Crippen LogP contribution in [0, 0.1) is 0 Å². The van der Waals surface area contributed by atoms with Gasteiger partial charge in [-0.05, 0) is 12.8 Å². The number of aliphatic hydroxyl groups is 1. The Bertz CT molecular complexity index is 1590. The summed E-state index contributed by atoms with van der Waals surface area (Å²) in [5, 5.41) is 9.46. The SMILES string of the molecule is CCCCCCCCCCCCCC(=O)OCC(CO)OC(=O)CCCCCCCCCCCCC.Nc1nc2c(ncn2COCCOP(=O)(O)OP(=O)(O)O)c(=O)[nH]1. The highest BCUT2D eigenvalue weighted by Gasteiger charge is 2.32. The van der Waals surface area contributed by atoms with Gasteiger partial charge in [-0.3, -0.25) is 28.5 Å². The van der Waals surface area contributed by atoms with E-state index in [2.05, 4.69) is 37.6 Å². The number of hydrogen-bond donors (Lipinski definition) is 6. The molecule has 0 aliphatic carbocycles. The van der Waals surface area contributed by atoms with Crippen LogP contribution in [0.25, 0.3) is 11.2 Å². The highest BCUT2D eigenvalue weighted by Crippen LogP contribution is 2.57. The minimum atomic E-state index is -5.16. The molecule has 0 amide bonds. The number of fused-ring (bicyclic) bond motifs is 1. The first-order chi connectivity index (χ1) is 28.7. The van der Waals surface area contributed by atoms with Gasteiger partial charge in [0.05, 0.1) is 26.1 Å². The van der Waals surface area contributed by atoms with E-state index in [1.165, 1.54) is 114 Å². The number of carbonyl (C=O) groups is 2. The molecule has 348 valence electrons. The molecule has 21 heteroatoms. The van der Waals surface area contributed by atoms with Crippen molar-refractivity contribution in [3.05, 3.63) is 16.7 Å². The summed E-state index contributed by atoms with van der Waals surface area (Å²) >= 11 is 0. The molecule has 19 nitrogen and oxygen atoms in total. The number of aliphatic hydroxyl groups excluding tert-OH is 1. The molecular formula is C39H73N5O14P2. The van der Waals surface area contributed by atoms with E-state index in [1.54, 1.807) is 0 Å². The predicted molar refractivity (Wildman–Crippen MR) is 228 cm³/mol. The van der Waals surface area contributed by atoms with Crippen molar-refractivity contribution in [2.45, 2.75) is 181 Å². The molecule has 7 N–H and O–H groups in total. The highest BCUT2D eigenvalue weighted by atomic mass is 31.3. The van der Waals surface area contributed by atoms with Gasteiger partial charge in [-0.25, -0.2) is 14.1 Å². The third-order valence-corrected chi connectivity index (χ3v) is 11.5. The van der Waals surface area contributed by atoms with Crippen molar-refractivity contribution < 1.29 is 61.6 Å². The number of phosphoric acid groups is 2. The molecule has 0 radical (unpaired) electrons. The number of hydrogen-bond acceptors (Lipinski definition) is 14. The summed E-state index contributed by atoms with van der Waals surface area (Å²) < 4.78 is 46.5. The van der Waals surface area contributed by atoms with Gasteiger partial charge >= 0.3 is 27.6 Å². The zero-order chi connectivity index (χ0) is 44.5. The van der Waals surface area contributed by atoms with Gasteiger partial charge in [-0.2, -0.15) is 9.29 Å². The average Bonchev–Trinajstić information content (AvgIpc) is 3.59. The lowest BCUT2D eigenvalue weighted by Crippen LogP contribution is -2.28. The molecule has 2 unspecified atom stereocenters. The van der Waals surface area contributed by atoms with E-state index in [0.29, 0.717) is 12.8 Å². The van der Waals surface area contributed by atoms with Crippen LogP contribution in [0.1, 0.15) is 168 Å². The van der Waals surface area contributed by atoms with E-state index in [0.717, 1.165) is 38.5 Å². The van der Waals surface area contributed by atoms with E-state index in [-0.39, 0.29) is 55.6 Å². The molecule has 0 aromatic carbocycles. The molecule has 2 rings (SSSR count). The van der Waals surface area contributed by atoms with Gasteiger partial charge in [0.2, 0.25) is 5.95 Å². The summed E-state index contributed by atoms with van der Waals surface area (Å²) in [4.78, 5) is 71.4. The highest BCUT2D eigenvalue weighted by molar-refractivity contribution is 7.60. The minimum Gasteiger partial charge on any atom is -0.462 e. The number of imidazole rings is 1. The van der Waals surface area contributed by atoms with Crippen LogP contribution in [0.5, 0.6) is 0 Å². The van der Waals surface area contributed by atoms with Gasteiger partial charge in [0.1, 0.15) is 13.3 Å². The first kappa shape index (κ1) is 55.3. The second-order valence-electron chi connectivity index (χ2n) is 14.8. The molecule has 2 aromatic heterocycles. The van der Waals surface area contributed by atoms with Crippen LogP contribution in [0.15, 0.2) is 11.1 Å². The van der Waals surface area contributed by atoms with Gasteiger partial charge in [-0.1, -0.05) is 142 Å². The average molecular weight is 898 g/mol. The zero-order valence-corrected chi connectivity index (χ0v) is 37.6. The maximum Gasteiger partial charge on any atom is 0.481 e. The van der Waals surface area contributed by atoms with Crippen LogP contribution in [-0.2, 0) is 48.5 Å². The number of ether oxygens (including phenoxy) is 3. The lowest BCUT2D eigenvalue weighted by atomic mass is 10.1. The number of unbranched alkanes of at least 4 members (excludes halogenated alkanes) is 20. The Morgan fingerprint density at radius 3 is 1.73 bits per heavy atom. The van der Waals surface area contributed by atoms with Gasteiger partial charge in [0, 0.05) is 12.8 Å². The monoisotopic (exact) mass is 897 g/mol. The van der Waals surface area contributed by atoms with E-state index in [9.17, 15) is 28.6 Å². The molecule has 0 aliphatic heterocycles. The third-order valence-electron chi connectivity index (χ3n) is 9.32. The number of H-pyrrole nitrogens is 1. The molecule has 2 aromatic rings. The molecule has 0 spiro atoms. The summed E-state index contributed by atoms with van der Waals surface area (Å²) in [6.45, 7) is 3.26. The van der Waals surface area contributed by atoms with Crippen LogP contribution in [0.4, 0.5) is 5.95 Å². The van der Waals surface area contributed by atoms with Crippen molar-refractivity contribution in [1.29, 1.82) is 0 Å². The Kier molecular flexibility index (Phi) is 31.2. The summed E-state index contributed by atoms with van der Waals surface area (Å²) in [5.74, 6) is -0.689. The first-order valence-corrected chi connectivity index (χ1v) is 24.7. The minimum absolute atomic E-state index is 0.0546. The van der Waals surface area contributed by atoms with Crippen molar-refractivity contribution in [3.8, 4) is 0 Å². The molecule has 0 saturated carbocycles. The molecule has 0 fully saturated rings. The van der Waals surface area contributed by atoms with Crippen molar-refractivity contribution in [1.82, 2.24) is 19.5 Å². The summed E-state index contributed by atoms with van der Waals surface area (Å²) in [7, 11) is -10.1. The number of phosphoric ester groups is 1. The number of aromatic amines is 1. The number of carbonyl (C=O) groups excluding carboxylic acids is 2. The molecule has 60 heavy (non-hydrogen) atoms. The number of aromatic nitrogens is 4. The van der Waals surface area contributed by atoms with Crippen LogP contribution >= 0.6 is 15.6 Å². The smallest absolute Gasteiger partial charge is 0.462 e. The maximum atomic E-state index is 12.0. The lowest BCUT2D eigenvalue weighted by molar-refractivity contribution is -0.161. The van der Waals surface area contributed by atoms with Crippen LogP contribution in [0.2, 0.25) is 0 Å². The van der Waals surface area contributed by atoms with Crippen LogP contribution in [0.3, 0.4) is 0 Å². The third kappa shape index (κ3) is 29.5. The number of esters is 2. The molecule has 2 atom stereocenters. The van der Waals surface area contributed by atoms with Crippen molar-refractivity contribution >= 4 is 44.7 Å². The number of nitrogens with one attached hydrogen (secondary N) is 1. The van der Waals surface area contributed by atoms with Gasteiger partial charge in [0.25, 0.3) is 5.56 Å². The van der Waals surface area contributed by atoms with E-state index < -0.39 is 33.9 Å². The van der Waals surface area contributed by atoms with Crippen LogP contribution in [-0.4, -0.2) is 83.8 Å². The Morgan fingerprint density at radius 1 is 0.767 bits per heavy atom. The molecule has 0 bridgehead atoms. The van der Waals surface area contributed by atoms with Crippen molar-refractivity contribution in [3.63, 3.8) is 0 Å². The number of nitrogens with two attached hydrogens (primary N) is 1. The van der Waals surface area contributed by atoms with E-state index in [4.69, 9.17) is 34.6 Å². The number of nitrogen functional groups attached to an aromatic ring is 1. The predicted octanol–water partition coefficient (Wildman–Crippen LogP) is 7.74. The standard InChI is InChI=1S/C31H60O5.C8H13N5O9P2/c1-3-5-7-9-11-13-15-17-19-21-23-25-30(33)35-28-29(27-32)36-31(34)26-24-22-20-18-16-14-12-10-8-6-4-2;9-8-11-6-5(7(14)12-8)10-3-13(6)4-20-1-2-21-24(18,19)22-23(15,16)17/h29,32H,3-28H2,1-2H3;3H,1-2,4H2,(H,18,19)(H2,15,16,17)(H3,9,11,12,14). The lowest BCUT2D eigenvalue weighted by Gasteiger charge is -2.15. The van der Waals surface area contributed by atoms with Crippen molar-refractivity contribution in [2.24, 2.45) is 0 Å². The molecular weight excluding hydrogens is 824 g/mol. The van der Waals surface area contributed by atoms with E-state index >= 15 is 0 Å². The van der Waals surface area contributed by atoms with Crippen LogP contribution < -0.4 is 11.3 Å². The van der Waals surface area contributed by atoms with Gasteiger partial charge < -0.3 is 39.7 Å². The Morgan fingerprint density at radius 2 is 1.25 bits per heavy atom. The fourth-order valence-corrected chi connectivity index (χ4v) is 7.66. The Labute approximate surface area is 354 Å². The Balaban J connectivity index is 0.000000646. The van der Waals surface area contributed by atoms with Gasteiger partial charge in [-0.15, -0.1) is 0 Å². The quantitative estimate of drug-likeness (QED) is 0.0217. The summed E-state index contributed by atoms with van der Waals surface area (Å²) in [5.41, 5.74) is 5.13. The number of nitrogens with zero attached hydrogens (tertiary/aromatic N) is 3. The van der Waals surface area contributed by atoms with Crippen molar-refractivity contribution in [2.75, 3.05) is 32.2 Å². The second kappa shape index (κ2) is 33.8. The fraction of sp³-hybridized carbons (Fsp3) is 0.821. The summed E-state index contributed by atoms with van der Waals surface area (Å²) in [6.07, 6.45) is 28.5. The first-order valence-electron chi connectivity index (χ1n) is 21.7. The molecule has 0 aliphatic rings. The van der Waals surface area contributed by atoms with Gasteiger partial charge in [0.15, 0.2) is 17.3 Å². The normalized spacial score (nSPS) is 13.1. The number of anilines is 1. The second-order valence-corrected chi connectivity index (χ2v) is 17.6. The molecule has 0 saturated heterocycles. The Hall–Kier alpha value is -2.73. The van der Waals surface area contributed by atoms with E-state index in [1.807, 2.05) is 0 Å². The maximum absolute atomic E-state index is 12.0. The topological polar surface area (TPSA) is 285 Å². The zero-order valence-electron chi connectivity index (χ0n) is 35.8. The summed E-state index contributed by atoms with van der Waals surface area (Å²) in [6, 6.07) is 0. The largest absolute Gasteiger partial charge is 0.481 e. The number of rotatable bonds is 36.